The molecule has 1 aromatic heterocycles. The first-order valence-corrected chi connectivity index (χ1v) is 11.8. The number of anilines is 1. The van der Waals surface area contributed by atoms with E-state index in [1.54, 1.807) is 36.5 Å². The summed E-state index contributed by atoms with van der Waals surface area (Å²) < 4.78 is 22.7. The molecule has 3 rings (SSSR count). The minimum Gasteiger partial charge on any atom is -0.298 e. The maximum atomic E-state index is 12.4. The van der Waals surface area contributed by atoms with Crippen LogP contribution in [0.1, 0.15) is 26.4 Å². The van der Waals surface area contributed by atoms with Crippen molar-refractivity contribution >= 4 is 55.4 Å². The van der Waals surface area contributed by atoms with E-state index in [-0.39, 0.29) is 11.7 Å². The van der Waals surface area contributed by atoms with Gasteiger partial charge in [-0.2, -0.15) is 0 Å². The number of nitrogens with one attached hydrogen (secondary N) is 1. The van der Waals surface area contributed by atoms with Crippen LogP contribution in [0.4, 0.5) is 5.13 Å². The van der Waals surface area contributed by atoms with Gasteiger partial charge in [-0.05, 0) is 29.3 Å². The maximum Gasteiger partial charge on any atom is 0.257 e. The zero-order chi connectivity index (χ0) is 20.3. The lowest BCUT2D eigenvalue weighted by Gasteiger charge is -2.04. The molecule has 3 aromatic rings. The Morgan fingerprint density at radius 2 is 1.86 bits per heavy atom. The van der Waals surface area contributed by atoms with E-state index in [9.17, 15) is 13.2 Å². The van der Waals surface area contributed by atoms with Gasteiger partial charge in [0, 0.05) is 29.3 Å². The summed E-state index contributed by atoms with van der Waals surface area (Å²) in [6.45, 7) is 0. The summed E-state index contributed by atoms with van der Waals surface area (Å²) >= 11 is 13.6. The summed E-state index contributed by atoms with van der Waals surface area (Å²) in [4.78, 5) is 17.5. The quantitative estimate of drug-likeness (QED) is 0.577. The van der Waals surface area contributed by atoms with Crippen LogP contribution in [0, 0.1) is 0 Å². The van der Waals surface area contributed by atoms with Gasteiger partial charge in [-0.25, -0.2) is 13.4 Å². The molecule has 5 nitrogen and oxygen atoms in total. The first kappa shape index (κ1) is 20.8. The number of rotatable bonds is 6. The number of thiazole rings is 1. The third-order valence-corrected chi connectivity index (χ3v) is 6.44. The average molecular weight is 455 g/mol. The van der Waals surface area contributed by atoms with E-state index in [4.69, 9.17) is 23.2 Å². The Labute approximate surface area is 177 Å². The summed E-state index contributed by atoms with van der Waals surface area (Å²) in [5.41, 5.74) is 1.94. The van der Waals surface area contributed by atoms with Crippen molar-refractivity contribution in [1.82, 2.24) is 4.98 Å². The van der Waals surface area contributed by atoms with Gasteiger partial charge in [0.2, 0.25) is 0 Å². The monoisotopic (exact) mass is 454 g/mol. The fraction of sp³-hybridized carbons (Fsp3) is 0.158. The predicted molar refractivity (Wildman–Crippen MR) is 114 cm³/mol. The lowest BCUT2D eigenvalue weighted by Crippen LogP contribution is -2.11. The highest BCUT2D eigenvalue weighted by molar-refractivity contribution is 7.89. The van der Waals surface area contributed by atoms with E-state index < -0.39 is 9.84 Å². The van der Waals surface area contributed by atoms with Crippen LogP contribution in [0.2, 0.25) is 10.0 Å². The first-order valence-electron chi connectivity index (χ1n) is 8.17. The topological polar surface area (TPSA) is 76.1 Å². The van der Waals surface area contributed by atoms with Gasteiger partial charge in [0.25, 0.3) is 5.91 Å². The second kappa shape index (κ2) is 8.61. The number of sulfone groups is 1. The highest BCUT2D eigenvalue weighted by Crippen LogP contribution is 2.29. The van der Waals surface area contributed by atoms with Crippen molar-refractivity contribution in [3.05, 3.63) is 80.3 Å². The molecule has 1 heterocycles. The first-order chi connectivity index (χ1) is 13.2. The molecule has 2 aromatic carbocycles. The van der Waals surface area contributed by atoms with Crippen LogP contribution in [0.25, 0.3) is 0 Å². The molecular weight excluding hydrogens is 439 g/mol. The van der Waals surface area contributed by atoms with E-state index >= 15 is 0 Å². The van der Waals surface area contributed by atoms with Gasteiger partial charge in [0.15, 0.2) is 15.0 Å². The fourth-order valence-electron chi connectivity index (χ4n) is 2.54. The van der Waals surface area contributed by atoms with Crippen molar-refractivity contribution in [2.45, 2.75) is 12.2 Å². The van der Waals surface area contributed by atoms with Crippen molar-refractivity contribution in [1.29, 1.82) is 0 Å². The van der Waals surface area contributed by atoms with E-state index in [2.05, 4.69) is 10.3 Å². The molecule has 0 aliphatic heterocycles. The van der Waals surface area contributed by atoms with E-state index in [1.807, 2.05) is 12.1 Å². The van der Waals surface area contributed by atoms with Crippen LogP contribution in [-0.2, 0) is 22.0 Å². The lowest BCUT2D eigenvalue weighted by atomic mass is 10.1. The third kappa shape index (κ3) is 5.54. The Morgan fingerprint density at radius 3 is 2.54 bits per heavy atom. The Morgan fingerprint density at radius 1 is 1.14 bits per heavy atom. The highest BCUT2D eigenvalue weighted by atomic mass is 35.5. The molecule has 0 radical (unpaired) electrons. The minimum absolute atomic E-state index is 0.0587. The summed E-state index contributed by atoms with van der Waals surface area (Å²) in [7, 11) is -3.11. The average Bonchev–Trinajstić information content (AvgIpc) is 3.05. The van der Waals surface area contributed by atoms with Crippen LogP contribution < -0.4 is 5.32 Å². The summed E-state index contributed by atoms with van der Waals surface area (Å²) in [5.74, 6) is -0.371. The van der Waals surface area contributed by atoms with Crippen molar-refractivity contribution in [3.8, 4) is 0 Å². The van der Waals surface area contributed by atoms with Gasteiger partial charge in [-0.3, -0.25) is 10.1 Å². The normalized spacial score (nSPS) is 11.4. The molecule has 28 heavy (non-hydrogen) atoms. The summed E-state index contributed by atoms with van der Waals surface area (Å²) in [6.07, 6.45) is 3.42. The molecule has 146 valence electrons. The van der Waals surface area contributed by atoms with Crippen molar-refractivity contribution in [2.24, 2.45) is 0 Å². The molecule has 1 amide bonds. The second-order valence-corrected chi connectivity index (χ2v) is 10.3. The maximum absolute atomic E-state index is 12.4. The number of benzene rings is 2. The Balaban J connectivity index is 1.66. The zero-order valence-corrected chi connectivity index (χ0v) is 17.9. The molecular formula is C19H16Cl2N2O3S2. The number of amides is 1. The lowest BCUT2D eigenvalue weighted by molar-refractivity contribution is 0.102. The molecule has 0 atom stereocenters. The molecule has 0 bridgehead atoms. The van der Waals surface area contributed by atoms with Crippen LogP contribution >= 0.6 is 34.5 Å². The van der Waals surface area contributed by atoms with Crippen LogP contribution in [0.3, 0.4) is 0 Å². The van der Waals surface area contributed by atoms with Gasteiger partial charge in [0.1, 0.15) is 0 Å². The Bertz CT molecular complexity index is 1110. The third-order valence-electron chi connectivity index (χ3n) is 3.82. The van der Waals surface area contributed by atoms with Crippen LogP contribution in [0.15, 0.2) is 48.7 Å². The van der Waals surface area contributed by atoms with E-state index in [0.717, 1.165) is 10.4 Å². The second-order valence-electron chi connectivity index (χ2n) is 6.24. The number of carbonyl (C=O) groups is 1. The van der Waals surface area contributed by atoms with Crippen LogP contribution in [-0.4, -0.2) is 25.6 Å². The zero-order valence-electron chi connectivity index (χ0n) is 14.8. The molecule has 0 unspecified atom stereocenters. The SMILES string of the molecule is CS(=O)(=O)Cc1ccc(C(=O)Nc2ncc(Cc3cccc(Cl)c3Cl)s2)cc1. The fourth-order valence-corrected chi connectivity index (χ4v) is 4.56. The van der Waals surface area contributed by atoms with Crippen molar-refractivity contribution in [3.63, 3.8) is 0 Å². The Hall–Kier alpha value is -1.93. The smallest absolute Gasteiger partial charge is 0.257 e. The Kier molecular flexibility index (Phi) is 6.40. The molecule has 0 spiro atoms. The molecule has 0 aliphatic carbocycles. The number of aromatic nitrogens is 1. The van der Waals surface area contributed by atoms with Crippen molar-refractivity contribution in [2.75, 3.05) is 11.6 Å². The number of carbonyl (C=O) groups excluding carboxylic acids is 1. The van der Waals surface area contributed by atoms with Gasteiger partial charge < -0.3 is 0 Å². The summed E-state index contributed by atoms with van der Waals surface area (Å²) in [6, 6.07) is 11.9. The molecule has 0 saturated carbocycles. The molecule has 0 aliphatic rings. The molecule has 1 N–H and O–H groups in total. The van der Waals surface area contributed by atoms with Crippen LogP contribution in [0.5, 0.6) is 0 Å². The molecule has 0 fully saturated rings. The highest BCUT2D eigenvalue weighted by Gasteiger charge is 2.12. The van der Waals surface area contributed by atoms with Gasteiger partial charge in [-0.1, -0.05) is 47.5 Å². The van der Waals surface area contributed by atoms with Gasteiger partial charge in [0.05, 0.1) is 15.8 Å². The molecule has 0 saturated heterocycles. The standard InChI is InChI=1S/C19H16Cl2N2O3S2/c1-28(25,26)11-12-5-7-13(8-6-12)18(24)23-19-22-10-15(27-19)9-14-3-2-4-16(20)17(14)21/h2-8,10H,9,11H2,1H3,(H,22,23,24). The number of halogens is 2. The van der Waals surface area contributed by atoms with E-state index in [0.29, 0.717) is 32.7 Å². The van der Waals surface area contributed by atoms with Crippen molar-refractivity contribution < 1.29 is 13.2 Å². The number of hydrogen-bond acceptors (Lipinski definition) is 5. The van der Waals surface area contributed by atoms with E-state index in [1.165, 1.54) is 17.6 Å². The molecule has 9 heteroatoms. The minimum atomic E-state index is -3.11. The number of nitrogens with zero attached hydrogens (tertiary/aromatic N) is 1. The predicted octanol–water partition coefficient (Wildman–Crippen LogP) is 4.84. The largest absolute Gasteiger partial charge is 0.298 e. The summed E-state index contributed by atoms with van der Waals surface area (Å²) in [5, 5.41) is 4.23. The van der Waals surface area contributed by atoms with Gasteiger partial charge >= 0.3 is 0 Å². The van der Waals surface area contributed by atoms with Gasteiger partial charge in [-0.15, -0.1) is 11.3 Å². The number of hydrogen-bond donors (Lipinski definition) is 1.